The minimum absolute atomic E-state index is 0.114. The van der Waals surface area contributed by atoms with E-state index in [9.17, 15) is 32.7 Å². The third kappa shape index (κ3) is 9.95. The summed E-state index contributed by atoms with van der Waals surface area (Å²) in [5, 5.41) is 28.9. The minimum Gasteiger partial charge on any atom is -0.542 e. The Bertz CT molecular complexity index is 1680. The summed E-state index contributed by atoms with van der Waals surface area (Å²) in [5.74, 6) is -3.69. The molecule has 4 aromatic rings. The number of anilines is 1. The lowest BCUT2D eigenvalue weighted by Crippen LogP contribution is -2.49. The van der Waals surface area contributed by atoms with Crippen LogP contribution in [0, 0.1) is 6.92 Å². The van der Waals surface area contributed by atoms with Crippen molar-refractivity contribution < 1.29 is 51.9 Å². The highest BCUT2D eigenvalue weighted by Gasteiger charge is 2.29. The van der Waals surface area contributed by atoms with Gasteiger partial charge in [-0.2, -0.15) is 17.6 Å². The van der Waals surface area contributed by atoms with Crippen LogP contribution in [0.5, 0.6) is 5.75 Å². The minimum atomic E-state index is -5.19. The molecule has 12 nitrogen and oxygen atoms in total. The number of amides is 3. The van der Waals surface area contributed by atoms with Crippen LogP contribution in [0.2, 0.25) is 0 Å². The Labute approximate surface area is 265 Å². The van der Waals surface area contributed by atoms with Gasteiger partial charge in [0, 0.05) is 17.5 Å². The van der Waals surface area contributed by atoms with Crippen LogP contribution < -0.4 is 25.6 Å². The summed E-state index contributed by atoms with van der Waals surface area (Å²) in [6, 6.07) is 11.3. The van der Waals surface area contributed by atoms with E-state index in [1.54, 1.807) is 61.6 Å². The molecular weight excluding hydrogens is 631 g/mol. The Hall–Kier alpha value is -5.12. The van der Waals surface area contributed by atoms with Gasteiger partial charge in [0.15, 0.2) is 5.69 Å². The number of hydrogen-bond donors (Lipinski definition) is 4. The highest BCUT2D eigenvalue weighted by molar-refractivity contribution is 7.14. The van der Waals surface area contributed by atoms with E-state index in [4.69, 9.17) is 14.6 Å². The molecule has 0 aliphatic rings. The molecule has 3 amide bonds. The summed E-state index contributed by atoms with van der Waals surface area (Å²) in [6.07, 6.45) is -3.23. The average molecular weight is 664 g/mol. The first-order chi connectivity index (χ1) is 21.5. The first-order valence-electron chi connectivity index (χ1n) is 13.7. The van der Waals surface area contributed by atoms with E-state index in [0.29, 0.717) is 11.3 Å². The third-order valence-corrected chi connectivity index (χ3v) is 7.45. The predicted octanol–water partition coefficient (Wildman–Crippen LogP) is 2.75. The van der Waals surface area contributed by atoms with Gasteiger partial charge in [0.05, 0.1) is 25.3 Å². The van der Waals surface area contributed by atoms with Gasteiger partial charge in [0.25, 0.3) is 0 Å². The topological polar surface area (TPSA) is 165 Å². The van der Waals surface area contributed by atoms with Crippen molar-refractivity contribution in [3.05, 3.63) is 82.6 Å². The molecule has 16 heteroatoms. The zero-order chi connectivity index (χ0) is 34.2. The second kappa shape index (κ2) is 15.2. The Morgan fingerprint density at radius 3 is 2.22 bits per heavy atom. The molecule has 0 fully saturated rings. The molecule has 0 bridgehead atoms. The number of esters is 1. The number of imidazole rings is 1. The molecule has 0 spiro atoms. The van der Waals surface area contributed by atoms with Crippen LogP contribution in [0.3, 0.4) is 0 Å². The Kier molecular flexibility index (Phi) is 11.7. The smallest absolute Gasteiger partial charge is 0.430 e. The lowest BCUT2D eigenvalue weighted by atomic mass is 10.1. The summed E-state index contributed by atoms with van der Waals surface area (Å²) < 4.78 is 40.8. The SMILES string of the molecule is Cc1csc2n1cc(CNC(=O)[C@H](Cc1ccc(O)cc1)NC(=O)Nc1ccc(C(=O)OC(C)C)cc1)[n+]2C.O=C([O-])C(F)(F)F. The molecule has 4 rings (SSSR count). The Morgan fingerprint density at radius 2 is 1.67 bits per heavy atom. The summed E-state index contributed by atoms with van der Waals surface area (Å²) in [7, 11) is 1.94. The van der Waals surface area contributed by atoms with E-state index in [-0.39, 0.29) is 30.7 Å². The first kappa shape index (κ1) is 35.4. The van der Waals surface area contributed by atoms with Crippen molar-refractivity contribution in [2.24, 2.45) is 7.05 Å². The number of carboxylic acids is 1. The van der Waals surface area contributed by atoms with Crippen molar-refractivity contribution in [2.45, 2.75) is 52.1 Å². The quantitative estimate of drug-likeness (QED) is 0.158. The zero-order valence-electron chi connectivity index (χ0n) is 25.2. The number of rotatable bonds is 9. The second-order valence-corrected chi connectivity index (χ2v) is 11.1. The van der Waals surface area contributed by atoms with Crippen LogP contribution in [0.4, 0.5) is 23.7 Å². The van der Waals surface area contributed by atoms with Crippen molar-refractivity contribution in [2.75, 3.05) is 5.32 Å². The largest absolute Gasteiger partial charge is 0.542 e. The number of thiazole rings is 1. The van der Waals surface area contributed by atoms with Crippen LogP contribution in [0.1, 0.15) is 41.2 Å². The fraction of sp³-hybridized carbons (Fsp3) is 0.300. The van der Waals surface area contributed by atoms with Gasteiger partial charge in [-0.1, -0.05) is 23.5 Å². The molecular formula is C30H32F3N5O7S. The first-order valence-corrected chi connectivity index (χ1v) is 14.6. The molecule has 0 aliphatic heterocycles. The Balaban J connectivity index is 0.000000738. The van der Waals surface area contributed by atoms with E-state index in [2.05, 4.69) is 25.7 Å². The average Bonchev–Trinajstić information content (AvgIpc) is 3.50. The van der Waals surface area contributed by atoms with E-state index in [0.717, 1.165) is 21.9 Å². The van der Waals surface area contributed by atoms with E-state index < -0.39 is 30.2 Å². The molecule has 2 heterocycles. The molecule has 1 atom stereocenters. The number of nitrogens with zero attached hydrogens (tertiary/aromatic N) is 2. The number of hydrogen-bond acceptors (Lipinski definition) is 8. The number of nitrogens with one attached hydrogen (secondary N) is 3. The standard InChI is InChI=1S/C28H31N5O5S.C2HF3O2/c1-17(2)38-26(36)20-7-9-21(10-8-20)30-27(37)31-24(13-19-5-11-23(34)12-6-19)25(35)29-14-22-15-33-18(3)16-39-28(33)32(22)4;3-2(4,5)1(6)7/h5-12,15-17,24H,13-14H2,1-4H3,(H3-,29,30,31,34,35,36,37);(H,6,7)/t24-;/m0./s1. The summed E-state index contributed by atoms with van der Waals surface area (Å²) >= 11 is 1.62. The number of carbonyl (C=O) groups excluding carboxylic acids is 4. The van der Waals surface area contributed by atoms with Gasteiger partial charge < -0.3 is 35.7 Å². The second-order valence-electron chi connectivity index (χ2n) is 10.3. The fourth-order valence-electron chi connectivity index (χ4n) is 4.00. The Morgan fingerprint density at radius 1 is 1.07 bits per heavy atom. The van der Waals surface area contributed by atoms with E-state index >= 15 is 0 Å². The van der Waals surface area contributed by atoms with Crippen molar-refractivity contribution in [3.63, 3.8) is 0 Å². The molecule has 0 radical (unpaired) electrons. The highest BCUT2D eigenvalue weighted by Crippen LogP contribution is 2.16. The maximum absolute atomic E-state index is 13.2. The number of urea groups is 1. The molecule has 2 aromatic heterocycles. The fourth-order valence-corrected chi connectivity index (χ4v) is 4.97. The number of carbonyl (C=O) groups is 4. The van der Waals surface area contributed by atoms with Crippen LogP contribution in [-0.2, 0) is 34.3 Å². The number of ether oxygens (including phenoxy) is 1. The lowest BCUT2D eigenvalue weighted by molar-refractivity contribution is -0.650. The number of aromatic hydroxyl groups is 1. The van der Waals surface area contributed by atoms with Gasteiger partial charge in [-0.3, -0.25) is 4.79 Å². The number of aliphatic carboxylic acids is 1. The van der Waals surface area contributed by atoms with Gasteiger partial charge in [-0.15, -0.1) is 0 Å². The van der Waals surface area contributed by atoms with Crippen molar-refractivity contribution in [1.29, 1.82) is 0 Å². The van der Waals surface area contributed by atoms with Crippen LogP contribution >= 0.6 is 11.3 Å². The van der Waals surface area contributed by atoms with Crippen LogP contribution in [0.25, 0.3) is 4.96 Å². The third-order valence-electron chi connectivity index (χ3n) is 6.31. The zero-order valence-corrected chi connectivity index (χ0v) is 26.0. The molecule has 2 aromatic carbocycles. The van der Waals surface area contributed by atoms with Crippen LogP contribution in [0.15, 0.2) is 60.1 Å². The number of phenols is 1. The molecule has 0 unspecified atom stereocenters. The molecule has 246 valence electrons. The number of aryl methyl sites for hydroxylation is 2. The number of benzene rings is 2. The van der Waals surface area contributed by atoms with Gasteiger partial charge >= 0.3 is 23.1 Å². The lowest BCUT2D eigenvalue weighted by Gasteiger charge is -2.19. The van der Waals surface area contributed by atoms with E-state index in [1.807, 2.05) is 24.7 Å². The molecule has 0 aliphatic carbocycles. The summed E-state index contributed by atoms with van der Waals surface area (Å²) in [5.41, 5.74) is 3.62. The molecule has 0 saturated heterocycles. The molecule has 4 N–H and O–H groups in total. The molecule has 0 saturated carbocycles. The van der Waals surface area contributed by atoms with Crippen molar-refractivity contribution in [1.82, 2.24) is 15.0 Å². The highest BCUT2D eigenvalue weighted by atomic mass is 32.1. The maximum Gasteiger partial charge on any atom is 0.430 e. The monoisotopic (exact) mass is 663 g/mol. The van der Waals surface area contributed by atoms with Gasteiger partial charge in [-0.25, -0.2) is 14.2 Å². The maximum atomic E-state index is 13.2. The number of fused-ring (bicyclic) bond motifs is 1. The number of carboxylic acid groups (broad SMARTS) is 1. The number of halogens is 3. The van der Waals surface area contributed by atoms with Gasteiger partial charge in [0.2, 0.25) is 5.91 Å². The predicted molar refractivity (Wildman–Crippen MR) is 159 cm³/mol. The van der Waals surface area contributed by atoms with Gasteiger partial charge in [0.1, 0.15) is 29.7 Å². The number of alkyl halides is 3. The van der Waals surface area contributed by atoms with Crippen LogP contribution in [-0.4, -0.2) is 51.7 Å². The van der Waals surface area contributed by atoms with Crippen molar-refractivity contribution >= 4 is 45.9 Å². The number of aromatic nitrogens is 2. The van der Waals surface area contributed by atoms with E-state index in [1.165, 1.54) is 12.1 Å². The summed E-state index contributed by atoms with van der Waals surface area (Å²) in [6.45, 7) is 5.84. The normalized spacial score (nSPS) is 11.7. The number of phenolic OH excluding ortho intramolecular Hbond substituents is 1. The van der Waals surface area contributed by atoms with Gasteiger partial charge in [-0.05, 0) is 62.7 Å². The summed E-state index contributed by atoms with van der Waals surface area (Å²) in [4.78, 5) is 48.0. The van der Waals surface area contributed by atoms with Crippen molar-refractivity contribution in [3.8, 4) is 5.75 Å². The molecule has 46 heavy (non-hydrogen) atoms.